The van der Waals surface area contributed by atoms with Gasteiger partial charge < -0.3 is 14.4 Å². The largest absolute Gasteiger partial charge is 0.361 e. The third kappa shape index (κ3) is 4.01. The number of benzene rings is 1. The lowest BCUT2D eigenvalue weighted by atomic mass is 9.98. The molecule has 0 radical (unpaired) electrons. The summed E-state index contributed by atoms with van der Waals surface area (Å²) in [6, 6.07) is 8.33. The van der Waals surface area contributed by atoms with Crippen LogP contribution in [0.25, 0.3) is 16.5 Å². The standard InChI is InChI=1S/C22H26N4O2/c1-2-6-20-24-21(28-25-20)9-5-10-22(27)26-13-11-16(12-14-26)18-15-23-19-8-4-3-7-17(18)19/h3-4,7-8,11,15,23H,2,5-6,9-10,12-14H2,1H3. The Kier molecular flexibility index (Phi) is 5.55. The van der Waals surface area contributed by atoms with Gasteiger partial charge in [-0.25, -0.2) is 0 Å². The van der Waals surface area contributed by atoms with E-state index in [4.69, 9.17) is 4.52 Å². The Morgan fingerprint density at radius 2 is 2.18 bits per heavy atom. The molecule has 1 aliphatic rings. The number of aryl methyl sites for hydroxylation is 2. The van der Waals surface area contributed by atoms with Crippen molar-refractivity contribution >= 4 is 22.4 Å². The van der Waals surface area contributed by atoms with E-state index in [9.17, 15) is 4.79 Å². The quantitative estimate of drug-likeness (QED) is 0.670. The molecule has 0 atom stereocenters. The monoisotopic (exact) mass is 378 g/mol. The molecule has 3 aromatic rings. The molecule has 1 N–H and O–H groups in total. The molecule has 1 aromatic carbocycles. The highest BCUT2D eigenvalue weighted by molar-refractivity contribution is 5.93. The maximum atomic E-state index is 12.5. The topological polar surface area (TPSA) is 75.0 Å². The number of hydrogen-bond donors (Lipinski definition) is 1. The number of carbonyl (C=O) groups excluding carboxylic acids is 1. The first kappa shape index (κ1) is 18.5. The minimum absolute atomic E-state index is 0.197. The van der Waals surface area contributed by atoms with Gasteiger partial charge >= 0.3 is 0 Å². The van der Waals surface area contributed by atoms with Crippen LogP contribution in [-0.4, -0.2) is 39.0 Å². The van der Waals surface area contributed by atoms with E-state index in [0.29, 0.717) is 25.3 Å². The van der Waals surface area contributed by atoms with E-state index in [2.05, 4.69) is 52.5 Å². The molecular formula is C22H26N4O2. The van der Waals surface area contributed by atoms with E-state index < -0.39 is 0 Å². The van der Waals surface area contributed by atoms with Crippen molar-refractivity contribution in [2.24, 2.45) is 0 Å². The molecule has 0 bridgehead atoms. The lowest BCUT2D eigenvalue weighted by Gasteiger charge is -2.26. The van der Waals surface area contributed by atoms with E-state index in [1.165, 1.54) is 16.5 Å². The highest BCUT2D eigenvalue weighted by atomic mass is 16.5. The number of nitrogens with one attached hydrogen (secondary N) is 1. The molecule has 1 amide bonds. The van der Waals surface area contributed by atoms with Gasteiger partial charge in [0.2, 0.25) is 11.8 Å². The Balaban J connectivity index is 1.29. The van der Waals surface area contributed by atoms with Crippen LogP contribution in [0.15, 0.2) is 41.1 Å². The van der Waals surface area contributed by atoms with Crippen molar-refractivity contribution in [1.82, 2.24) is 20.0 Å². The molecule has 0 saturated carbocycles. The molecule has 2 aromatic heterocycles. The van der Waals surface area contributed by atoms with Crippen LogP contribution in [0.1, 0.15) is 49.9 Å². The summed E-state index contributed by atoms with van der Waals surface area (Å²) in [5, 5.41) is 5.20. The maximum Gasteiger partial charge on any atom is 0.226 e. The number of hydrogen-bond acceptors (Lipinski definition) is 4. The first-order chi connectivity index (χ1) is 13.7. The second-order valence-electron chi connectivity index (χ2n) is 7.27. The molecule has 0 aliphatic carbocycles. The molecule has 0 saturated heterocycles. The van der Waals surface area contributed by atoms with Gasteiger partial charge in [-0.1, -0.05) is 36.4 Å². The zero-order chi connectivity index (χ0) is 19.3. The fraction of sp³-hybridized carbons (Fsp3) is 0.409. The fourth-order valence-electron chi connectivity index (χ4n) is 3.74. The zero-order valence-electron chi connectivity index (χ0n) is 16.3. The molecule has 3 heterocycles. The lowest BCUT2D eigenvalue weighted by Crippen LogP contribution is -2.34. The van der Waals surface area contributed by atoms with Crippen molar-refractivity contribution in [2.45, 2.75) is 45.4 Å². The number of para-hydroxylation sites is 1. The Bertz CT molecular complexity index is 985. The Morgan fingerprint density at radius 3 is 3.00 bits per heavy atom. The number of aromatic nitrogens is 3. The molecular weight excluding hydrogens is 352 g/mol. The molecule has 6 nitrogen and oxygen atoms in total. The molecule has 146 valence electrons. The SMILES string of the molecule is CCCc1noc(CCCC(=O)N2CC=C(c3c[nH]c4ccccc34)CC2)n1. The number of rotatable bonds is 7. The smallest absolute Gasteiger partial charge is 0.226 e. The highest BCUT2D eigenvalue weighted by Crippen LogP contribution is 2.29. The lowest BCUT2D eigenvalue weighted by molar-refractivity contribution is -0.130. The Labute approximate surface area is 164 Å². The minimum Gasteiger partial charge on any atom is -0.361 e. The number of aromatic amines is 1. The molecule has 4 rings (SSSR count). The second-order valence-corrected chi connectivity index (χ2v) is 7.27. The van der Waals surface area contributed by atoms with Crippen LogP contribution in [-0.2, 0) is 17.6 Å². The van der Waals surface area contributed by atoms with Gasteiger partial charge in [0.05, 0.1) is 0 Å². The molecule has 1 aliphatic heterocycles. The second kappa shape index (κ2) is 8.42. The Morgan fingerprint density at radius 1 is 1.29 bits per heavy atom. The van der Waals surface area contributed by atoms with Crippen molar-refractivity contribution in [3.8, 4) is 0 Å². The summed E-state index contributed by atoms with van der Waals surface area (Å²) in [6.07, 6.45) is 8.90. The summed E-state index contributed by atoms with van der Waals surface area (Å²) >= 11 is 0. The van der Waals surface area contributed by atoms with Gasteiger partial charge in [-0.3, -0.25) is 4.79 Å². The first-order valence-corrected chi connectivity index (χ1v) is 10.1. The Hall–Kier alpha value is -2.89. The van der Waals surface area contributed by atoms with Crippen molar-refractivity contribution < 1.29 is 9.32 Å². The molecule has 6 heteroatoms. The number of amides is 1. The molecule has 28 heavy (non-hydrogen) atoms. The van der Waals surface area contributed by atoms with Crippen LogP contribution in [0.3, 0.4) is 0 Å². The molecule has 0 spiro atoms. The number of carbonyl (C=O) groups is 1. The van der Waals surface area contributed by atoms with Gasteiger partial charge in [0, 0.05) is 55.0 Å². The van der Waals surface area contributed by atoms with Crippen LogP contribution < -0.4 is 0 Å². The van der Waals surface area contributed by atoms with Gasteiger partial charge in [0.25, 0.3) is 0 Å². The third-order valence-corrected chi connectivity index (χ3v) is 5.26. The minimum atomic E-state index is 0.197. The number of nitrogens with zero attached hydrogens (tertiary/aromatic N) is 3. The van der Waals surface area contributed by atoms with Gasteiger partial charge in [-0.15, -0.1) is 0 Å². The van der Waals surface area contributed by atoms with Crippen LogP contribution in [0.5, 0.6) is 0 Å². The summed E-state index contributed by atoms with van der Waals surface area (Å²) in [5.41, 5.74) is 3.72. The zero-order valence-corrected chi connectivity index (χ0v) is 16.3. The third-order valence-electron chi connectivity index (χ3n) is 5.26. The predicted molar refractivity (Wildman–Crippen MR) is 109 cm³/mol. The molecule has 0 unspecified atom stereocenters. The molecule has 0 fully saturated rings. The first-order valence-electron chi connectivity index (χ1n) is 10.1. The average Bonchev–Trinajstić information content (AvgIpc) is 3.35. The van der Waals surface area contributed by atoms with Gasteiger partial charge in [-0.2, -0.15) is 4.98 Å². The normalized spacial score (nSPS) is 14.5. The average molecular weight is 378 g/mol. The number of H-pyrrole nitrogens is 1. The van der Waals surface area contributed by atoms with Crippen LogP contribution in [0, 0.1) is 0 Å². The van der Waals surface area contributed by atoms with Crippen LogP contribution in [0.2, 0.25) is 0 Å². The van der Waals surface area contributed by atoms with Crippen molar-refractivity contribution in [2.75, 3.05) is 13.1 Å². The van der Waals surface area contributed by atoms with E-state index >= 15 is 0 Å². The fourth-order valence-corrected chi connectivity index (χ4v) is 3.74. The predicted octanol–water partition coefficient (Wildman–Crippen LogP) is 4.14. The van der Waals surface area contributed by atoms with Crippen molar-refractivity contribution in [3.63, 3.8) is 0 Å². The van der Waals surface area contributed by atoms with Crippen molar-refractivity contribution in [3.05, 3.63) is 53.8 Å². The van der Waals surface area contributed by atoms with E-state index in [1.807, 2.05) is 11.0 Å². The van der Waals surface area contributed by atoms with E-state index in [-0.39, 0.29) is 5.91 Å². The number of fused-ring (bicyclic) bond motifs is 1. The summed E-state index contributed by atoms with van der Waals surface area (Å²) in [6.45, 7) is 3.53. The van der Waals surface area contributed by atoms with E-state index in [1.54, 1.807) is 0 Å². The summed E-state index contributed by atoms with van der Waals surface area (Å²) in [7, 11) is 0. The summed E-state index contributed by atoms with van der Waals surface area (Å²) in [4.78, 5) is 22.2. The summed E-state index contributed by atoms with van der Waals surface area (Å²) in [5.74, 6) is 1.59. The van der Waals surface area contributed by atoms with Crippen LogP contribution >= 0.6 is 0 Å². The van der Waals surface area contributed by atoms with Gasteiger partial charge in [-0.05, 0) is 30.9 Å². The van der Waals surface area contributed by atoms with E-state index in [0.717, 1.165) is 43.6 Å². The van der Waals surface area contributed by atoms with Crippen molar-refractivity contribution in [1.29, 1.82) is 0 Å². The van der Waals surface area contributed by atoms with Gasteiger partial charge in [0.1, 0.15) is 0 Å². The highest BCUT2D eigenvalue weighted by Gasteiger charge is 2.19. The van der Waals surface area contributed by atoms with Crippen LogP contribution in [0.4, 0.5) is 0 Å². The summed E-state index contributed by atoms with van der Waals surface area (Å²) < 4.78 is 5.24. The van der Waals surface area contributed by atoms with Gasteiger partial charge in [0.15, 0.2) is 5.82 Å². The maximum absolute atomic E-state index is 12.5.